The lowest BCUT2D eigenvalue weighted by atomic mass is 9.94. The van der Waals surface area contributed by atoms with Gasteiger partial charge >= 0.3 is 0 Å². The van der Waals surface area contributed by atoms with Crippen LogP contribution in [0.1, 0.15) is 63.9 Å². The second kappa shape index (κ2) is 10.8. The molecule has 1 atom stereocenters. The molecule has 0 spiro atoms. The number of nitrogens with zero attached hydrogens (tertiary/aromatic N) is 2. The van der Waals surface area contributed by atoms with Gasteiger partial charge in [-0.15, -0.1) is 0 Å². The normalized spacial score (nSPS) is 24.6. The van der Waals surface area contributed by atoms with Crippen molar-refractivity contribution in [1.82, 2.24) is 9.80 Å². The van der Waals surface area contributed by atoms with Crippen LogP contribution in [0, 0.1) is 5.92 Å². The quantitative estimate of drug-likeness (QED) is 0.599. The monoisotopic (exact) mass is 400 g/mol. The Hall–Kier alpha value is -1.10. The van der Waals surface area contributed by atoms with Crippen molar-refractivity contribution in [2.45, 2.75) is 77.0 Å². The number of para-hydroxylation sites is 1. The predicted molar refractivity (Wildman–Crippen MR) is 118 cm³/mol. The van der Waals surface area contributed by atoms with Crippen molar-refractivity contribution in [3.63, 3.8) is 0 Å². The minimum atomic E-state index is 0.410. The van der Waals surface area contributed by atoms with E-state index in [0.717, 1.165) is 44.0 Å². The van der Waals surface area contributed by atoms with Gasteiger partial charge in [-0.1, -0.05) is 31.0 Å². The van der Waals surface area contributed by atoms with E-state index in [1.54, 1.807) is 0 Å². The van der Waals surface area contributed by atoms with Crippen LogP contribution in [0.3, 0.4) is 0 Å². The highest BCUT2D eigenvalue weighted by Gasteiger charge is 2.29. The number of hydrogen-bond acceptors (Lipinski definition) is 4. The Morgan fingerprint density at radius 1 is 1.00 bits per heavy atom. The fourth-order valence-electron chi connectivity index (χ4n) is 5.59. The molecule has 3 fully saturated rings. The SMILES string of the molecule is CCOc1ccccc1CN(CC1CCN(C2CCCC2)CC1)C[C@@H]1CCCO1. The molecule has 2 saturated heterocycles. The Morgan fingerprint density at radius 3 is 2.52 bits per heavy atom. The standard InChI is InChI=1S/C25H40N2O2/c1-2-28-25-12-6-3-8-22(25)19-26(20-24-11-7-17-29-24)18-21-13-15-27(16-14-21)23-9-4-5-10-23/h3,6,8,12,21,23-24H,2,4-5,7,9-11,13-20H2,1H3/t24-/m0/s1. The number of piperidine rings is 1. The summed E-state index contributed by atoms with van der Waals surface area (Å²) >= 11 is 0. The maximum Gasteiger partial charge on any atom is 0.123 e. The second-order valence-corrected chi connectivity index (χ2v) is 9.29. The third-order valence-corrected chi connectivity index (χ3v) is 7.16. The molecule has 0 aromatic heterocycles. The first-order valence-electron chi connectivity index (χ1n) is 12.1. The van der Waals surface area contributed by atoms with E-state index >= 15 is 0 Å². The third kappa shape index (κ3) is 5.96. The minimum Gasteiger partial charge on any atom is -0.494 e. The molecule has 162 valence electrons. The average molecular weight is 401 g/mol. The van der Waals surface area contributed by atoms with Crippen LogP contribution in [0.2, 0.25) is 0 Å². The van der Waals surface area contributed by atoms with Crippen molar-refractivity contribution in [3.05, 3.63) is 29.8 Å². The molecule has 4 heteroatoms. The summed E-state index contributed by atoms with van der Waals surface area (Å²) < 4.78 is 11.9. The van der Waals surface area contributed by atoms with Gasteiger partial charge in [0.25, 0.3) is 0 Å². The van der Waals surface area contributed by atoms with Gasteiger partial charge in [-0.3, -0.25) is 4.90 Å². The van der Waals surface area contributed by atoms with Crippen LogP contribution in [-0.2, 0) is 11.3 Å². The zero-order chi connectivity index (χ0) is 19.9. The summed E-state index contributed by atoms with van der Waals surface area (Å²) in [5.41, 5.74) is 1.32. The summed E-state index contributed by atoms with van der Waals surface area (Å²) in [6.07, 6.45) is 11.3. The Labute approximate surface area is 177 Å². The minimum absolute atomic E-state index is 0.410. The van der Waals surface area contributed by atoms with E-state index in [9.17, 15) is 0 Å². The molecule has 2 heterocycles. The molecule has 0 radical (unpaired) electrons. The molecule has 0 unspecified atom stereocenters. The molecule has 1 saturated carbocycles. The van der Waals surface area contributed by atoms with Crippen molar-refractivity contribution in [3.8, 4) is 5.75 Å². The number of ether oxygens (including phenoxy) is 2. The van der Waals surface area contributed by atoms with Crippen LogP contribution in [0.15, 0.2) is 24.3 Å². The van der Waals surface area contributed by atoms with Gasteiger partial charge in [0, 0.05) is 37.8 Å². The number of likely N-dealkylation sites (tertiary alicyclic amines) is 1. The summed E-state index contributed by atoms with van der Waals surface area (Å²) in [5, 5.41) is 0. The molecule has 4 nitrogen and oxygen atoms in total. The highest BCUT2D eigenvalue weighted by Crippen LogP contribution is 2.29. The second-order valence-electron chi connectivity index (χ2n) is 9.29. The lowest BCUT2D eigenvalue weighted by molar-refractivity contribution is 0.0536. The molecular weight excluding hydrogens is 360 g/mol. The number of hydrogen-bond donors (Lipinski definition) is 0. The summed E-state index contributed by atoms with van der Waals surface area (Å²) in [6, 6.07) is 9.45. The molecule has 1 aromatic rings. The van der Waals surface area contributed by atoms with E-state index in [0.29, 0.717) is 6.10 Å². The van der Waals surface area contributed by atoms with Gasteiger partial charge in [0.1, 0.15) is 5.75 Å². The maximum absolute atomic E-state index is 5.99. The van der Waals surface area contributed by atoms with Crippen molar-refractivity contribution < 1.29 is 9.47 Å². The lowest BCUT2D eigenvalue weighted by Gasteiger charge is -2.38. The van der Waals surface area contributed by atoms with E-state index in [2.05, 4.69) is 41.0 Å². The summed E-state index contributed by atoms with van der Waals surface area (Å²) in [6.45, 7) is 9.56. The van der Waals surface area contributed by atoms with Gasteiger partial charge in [-0.05, 0) is 70.5 Å². The highest BCUT2D eigenvalue weighted by atomic mass is 16.5. The third-order valence-electron chi connectivity index (χ3n) is 7.16. The van der Waals surface area contributed by atoms with E-state index in [-0.39, 0.29) is 0 Å². The first-order chi connectivity index (χ1) is 14.3. The Kier molecular flexibility index (Phi) is 7.87. The molecule has 0 N–H and O–H groups in total. The van der Waals surface area contributed by atoms with Gasteiger partial charge in [0.2, 0.25) is 0 Å². The van der Waals surface area contributed by atoms with Gasteiger partial charge in [-0.25, -0.2) is 0 Å². The summed E-state index contributed by atoms with van der Waals surface area (Å²) in [7, 11) is 0. The average Bonchev–Trinajstić information content (AvgIpc) is 3.44. The van der Waals surface area contributed by atoms with Crippen LogP contribution in [0.25, 0.3) is 0 Å². The molecule has 1 aromatic carbocycles. The molecule has 0 amide bonds. The molecule has 0 bridgehead atoms. The maximum atomic E-state index is 5.99. The molecule has 2 aliphatic heterocycles. The highest BCUT2D eigenvalue weighted by molar-refractivity contribution is 5.33. The summed E-state index contributed by atoms with van der Waals surface area (Å²) in [5.74, 6) is 1.86. The first kappa shape index (κ1) is 21.1. The zero-order valence-corrected chi connectivity index (χ0v) is 18.4. The van der Waals surface area contributed by atoms with Crippen molar-refractivity contribution in [1.29, 1.82) is 0 Å². The van der Waals surface area contributed by atoms with Gasteiger partial charge < -0.3 is 14.4 Å². The van der Waals surface area contributed by atoms with Crippen LogP contribution in [0.5, 0.6) is 5.75 Å². The molecule has 1 aliphatic carbocycles. The fourth-order valence-corrected chi connectivity index (χ4v) is 5.59. The van der Waals surface area contributed by atoms with Crippen molar-refractivity contribution in [2.75, 3.05) is 39.4 Å². The van der Waals surface area contributed by atoms with E-state index in [4.69, 9.17) is 9.47 Å². The zero-order valence-electron chi connectivity index (χ0n) is 18.4. The van der Waals surface area contributed by atoms with Crippen molar-refractivity contribution in [2.24, 2.45) is 5.92 Å². The van der Waals surface area contributed by atoms with E-state index < -0.39 is 0 Å². The van der Waals surface area contributed by atoms with Gasteiger partial charge in [0.05, 0.1) is 12.7 Å². The first-order valence-corrected chi connectivity index (χ1v) is 12.1. The molecule has 3 aliphatic rings. The van der Waals surface area contributed by atoms with E-state index in [1.807, 2.05) is 0 Å². The summed E-state index contributed by atoms with van der Waals surface area (Å²) in [4.78, 5) is 5.45. The number of rotatable bonds is 9. The predicted octanol–water partition coefficient (Wildman–Crippen LogP) is 4.72. The molecular formula is C25H40N2O2. The van der Waals surface area contributed by atoms with Crippen LogP contribution < -0.4 is 4.74 Å². The van der Waals surface area contributed by atoms with Gasteiger partial charge in [0.15, 0.2) is 0 Å². The van der Waals surface area contributed by atoms with Crippen LogP contribution in [0.4, 0.5) is 0 Å². The van der Waals surface area contributed by atoms with Crippen molar-refractivity contribution >= 4 is 0 Å². The molecule has 29 heavy (non-hydrogen) atoms. The lowest BCUT2D eigenvalue weighted by Crippen LogP contribution is -2.43. The Balaban J connectivity index is 1.35. The van der Waals surface area contributed by atoms with Crippen LogP contribution in [-0.4, -0.2) is 61.3 Å². The fraction of sp³-hybridized carbons (Fsp3) is 0.760. The topological polar surface area (TPSA) is 24.9 Å². The Morgan fingerprint density at radius 2 is 1.79 bits per heavy atom. The largest absolute Gasteiger partial charge is 0.494 e. The van der Waals surface area contributed by atoms with Crippen LogP contribution >= 0.6 is 0 Å². The Bertz CT molecular complexity index is 603. The number of benzene rings is 1. The van der Waals surface area contributed by atoms with E-state index in [1.165, 1.54) is 76.6 Å². The smallest absolute Gasteiger partial charge is 0.123 e. The van der Waals surface area contributed by atoms with Gasteiger partial charge in [-0.2, -0.15) is 0 Å². The molecule has 4 rings (SSSR count).